The Kier molecular flexibility index (Phi) is 11.2. The summed E-state index contributed by atoms with van der Waals surface area (Å²) in [5.74, 6) is -0.456. The Balaban J connectivity index is 0.000000189. The van der Waals surface area contributed by atoms with E-state index in [1.807, 2.05) is 35.7 Å². The van der Waals surface area contributed by atoms with E-state index in [9.17, 15) is 13.9 Å². The molecule has 7 heteroatoms. The topological polar surface area (TPSA) is 20.2 Å². The van der Waals surface area contributed by atoms with Crippen LogP contribution in [0, 0.1) is 11.6 Å². The van der Waals surface area contributed by atoms with Gasteiger partial charge in [-0.1, -0.05) is 56.0 Å². The van der Waals surface area contributed by atoms with Gasteiger partial charge in [-0.3, -0.25) is 0 Å². The van der Waals surface area contributed by atoms with Crippen LogP contribution in [-0.4, -0.2) is 10.7 Å². The van der Waals surface area contributed by atoms with E-state index in [-0.39, 0.29) is 11.6 Å². The Morgan fingerprint density at radius 3 is 1.78 bits per heavy atom. The van der Waals surface area contributed by atoms with Crippen molar-refractivity contribution < 1.29 is 13.9 Å². The van der Waals surface area contributed by atoms with E-state index in [4.69, 9.17) is 0 Å². The van der Waals surface area contributed by atoms with Crippen LogP contribution in [0.3, 0.4) is 0 Å². The standard InChI is InChI=1S/C11H9FOS.C11H9FS.C3H9ISi/c12-9-5-3-8(4-6-9)11(13)10-2-1-7-14-10;12-10-5-3-9(4-6-10)8-11-2-1-7-13-11;1-5(2,3)4/h1-7,11,13H;1-7H,8H2;1-3H3. The van der Waals surface area contributed by atoms with Gasteiger partial charge in [0, 0.05) is 16.2 Å². The van der Waals surface area contributed by atoms with E-state index in [1.165, 1.54) is 40.5 Å². The molecule has 4 rings (SSSR count). The second-order valence-corrected chi connectivity index (χ2v) is 23.8. The Morgan fingerprint density at radius 2 is 1.31 bits per heavy atom. The molecular weight excluding hydrogens is 573 g/mol. The Bertz CT molecular complexity index is 1010. The molecule has 0 fully saturated rings. The predicted octanol–water partition coefficient (Wildman–Crippen LogP) is 8.70. The van der Waals surface area contributed by atoms with Crippen LogP contribution >= 0.6 is 44.5 Å². The molecule has 2 aromatic carbocycles. The predicted molar refractivity (Wildman–Crippen MR) is 146 cm³/mol. The van der Waals surface area contributed by atoms with E-state index in [1.54, 1.807) is 23.5 Å². The highest BCUT2D eigenvalue weighted by atomic mass is 127. The second-order valence-electron chi connectivity index (χ2n) is 7.92. The summed E-state index contributed by atoms with van der Waals surface area (Å²) in [6.45, 7) is 6.94. The summed E-state index contributed by atoms with van der Waals surface area (Å²) in [7, 11) is 0. The summed E-state index contributed by atoms with van der Waals surface area (Å²) in [6, 6.07) is 20.4. The van der Waals surface area contributed by atoms with Crippen molar-refractivity contribution in [3.63, 3.8) is 0 Å². The van der Waals surface area contributed by atoms with Gasteiger partial charge in [-0.2, -0.15) is 0 Å². The number of halogens is 3. The van der Waals surface area contributed by atoms with Crippen LogP contribution in [0.5, 0.6) is 0 Å². The number of benzene rings is 2. The maximum atomic E-state index is 12.6. The van der Waals surface area contributed by atoms with Gasteiger partial charge in [-0.25, -0.2) is 8.78 Å². The molecule has 1 atom stereocenters. The fourth-order valence-corrected chi connectivity index (χ4v) is 3.95. The summed E-state index contributed by atoms with van der Waals surface area (Å²) < 4.78 is 25.2. The average Bonchev–Trinajstić information content (AvgIpc) is 3.43. The third-order valence-electron chi connectivity index (χ3n) is 3.87. The van der Waals surface area contributed by atoms with E-state index in [2.05, 4.69) is 52.9 Å². The molecule has 0 aliphatic heterocycles. The van der Waals surface area contributed by atoms with Crippen LogP contribution in [0.1, 0.15) is 27.0 Å². The number of thiophene rings is 2. The first-order chi connectivity index (χ1) is 15.1. The molecule has 1 N–H and O–H groups in total. The van der Waals surface area contributed by atoms with Gasteiger partial charge in [0.2, 0.25) is 0 Å². The molecule has 0 bridgehead atoms. The highest BCUT2D eigenvalue weighted by Gasteiger charge is 2.10. The summed E-state index contributed by atoms with van der Waals surface area (Å²) >= 11 is 5.73. The van der Waals surface area contributed by atoms with Crippen molar-refractivity contribution in [3.8, 4) is 0 Å². The van der Waals surface area contributed by atoms with Gasteiger partial charge in [0.15, 0.2) is 0 Å². The van der Waals surface area contributed by atoms with Crippen molar-refractivity contribution in [2.24, 2.45) is 0 Å². The SMILES string of the molecule is C[Si](C)(C)I.Fc1ccc(Cc2cccs2)cc1.OC(c1ccc(F)cc1)c1cccs1. The van der Waals surface area contributed by atoms with Crippen molar-refractivity contribution in [1.29, 1.82) is 0 Å². The van der Waals surface area contributed by atoms with Gasteiger partial charge in [0.05, 0.1) is 0 Å². The van der Waals surface area contributed by atoms with Crippen molar-refractivity contribution in [2.75, 3.05) is 0 Å². The van der Waals surface area contributed by atoms with Crippen molar-refractivity contribution in [1.82, 2.24) is 0 Å². The molecule has 2 aromatic heterocycles. The van der Waals surface area contributed by atoms with Crippen molar-refractivity contribution >= 4 is 50.0 Å². The normalized spacial score (nSPS) is 11.6. The molecule has 0 saturated heterocycles. The van der Waals surface area contributed by atoms with Gasteiger partial charge in [0.1, 0.15) is 23.3 Å². The van der Waals surface area contributed by atoms with E-state index in [0.717, 1.165) is 16.9 Å². The largest absolute Gasteiger partial charge is 0.383 e. The van der Waals surface area contributed by atoms with Crippen molar-refractivity contribution in [2.45, 2.75) is 32.2 Å². The molecule has 0 spiro atoms. The summed E-state index contributed by atoms with van der Waals surface area (Å²) in [5.41, 5.74) is 1.23. The first-order valence-electron chi connectivity index (χ1n) is 10.0. The number of rotatable bonds is 4. The number of aliphatic hydroxyl groups excluding tert-OH is 1. The maximum Gasteiger partial charge on any atom is 0.123 e. The molecule has 0 aliphatic rings. The van der Waals surface area contributed by atoms with E-state index < -0.39 is 11.7 Å². The monoisotopic (exact) mass is 600 g/mol. The molecule has 1 unspecified atom stereocenters. The molecule has 2 heterocycles. The van der Waals surface area contributed by atoms with Gasteiger partial charge in [-0.15, -0.1) is 44.5 Å². The first kappa shape index (κ1) is 26.9. The minimum atomic E-state index is -0.643. The van der Waals surface area contributed by atoms with Gasteiger partial charge in [-0.05, 0) is 58.3 Å². The summed E-state index contributed by atoms with van der Waals surface area (Å²) in [5, 5.41) is 13.8. The van der Waals surface area contributed by atoms with E-state index in [0.29, 0.717) is 5.56 Å². The lowest BCUT2D eigenvalue weighted by atomic mass is 10.1. The van der Waals surface area contributed by atoms with E-state index >= 15 is 0 Å². The lowest BCUT2D eigenvalue weighted by molar-refractivity contribution is 0.224. The zero-order chi connectivity index (χ0) is 23.6. The number of aliphatic hydroxyl groups is 1. The fourth-order valence-electron chi connectivity index (χ4n) is 2.47. The Hall–Kier alpha value is -1.39. The third-order valence-corrected chi connectivity index (χ3v) is 5.67. The first-order valence-corrected chi connectivity index (χ1v) is 18.4. The molecule has 1 nitrogen and oxygen atoms in total. The quantitative estimate of drug-likeness (QED) is 0.141. The molecule has 170 valence electrons. The smallest absolute Gasteiger partial charge is 0.123 e. The van der Waals surface area contributed by atoms with Gasteiger partial charge < -0.3 is 5.11 Å². The maximum absolute atomic E-state index is 12.6. The van der Waals surface area contributed by atoms with Crippen LogP contribution in [0.25, 0.3) is 0 Å². The van der Waals surface area contributed by atoms with Crippen LogP contribution in [0.2, 0.25) is 19.6 Å². The Morgan fingerprint density at radius 1 is 0.812 bits per heavy atom. The minimum Gasteiger partial charge on any atom is -0.383 e. The zero-order valence-electron chi connectivity index (χ0n) is 18.3. The summed E-state index contributed by atoms with van der Waals surface area (Å²) in [6.07, 6.45) is 0.258. The van der Waals surface area contributed by atoms with Crippen LogP contribution in [0.4, 0.5) is 8.78 Å². The molecule has 0 radical (unpaired) electrons. The molecule has 0 saturated carbocycles. The second kappa shape index (κ2) is 13.3. The molecule has 4 aromatic rings. The van der Waals surface area contributed by atoms with Crippen molar-refractivity contribution in [3.05, 3.63) is 116 Å². The summed E-state index contributed by atoms with van der Waals surface area (Å²) in [4.78, 5) is 2.18. The van der Waals surface area contributed by atoms with Crippen LogP contribution in [0.15, 0.2) is 83.6 Å². The number of hydrogen-bond donors (Lipinski definition) is 1. The molecular formula is C25H27F2IOS2Si. The third kappa shape index (κ3) is 11.0. The molecule has 32 heavy (non-hydrogen) atoms. The lowest BCUT2D eigenvalue weighted by Crippen LogP contribution is -2.05. The van der Waals surface area contributed by atoms with Crippen LogP contribution in [-0.2, 0) is 6.42 Å². The number of hydrogen-bond acceptors (Lipinski definition) is 3. The highest BCUT2D eigenvalue weighted by molar-refractivity contribution is 14.1. The van der Waals surface area contributed by atoms with Crippen LogP contribution < -0.4 is 0 Å². The van der Waals surface area contributed by atoms with Gasteiger partial charge in [0.25, 0.3) is 0 Å². The lowest BCUT2D eigenvalue weighted by Gasteiger charge is -2.07. The Labute approximate surface area is 211 Å². The molecule has 0 aliphatic carbocycles. The average molecular weight is 601 g/mol. The highest BCUT2D eigenvalue weighted by Crippen LogP contribution is 2.25. The minimum absolute atomic E-state index is 0.171. The zero-order valence-corrected chi connectivity index (χ0v) is 23.1. The molecule has 0 amide bonds. The van der Waals surface area contributed by atoms with Gasteiger partial charge >= 0.3 is 0 Å². The fraction of sp³-hybridized carbons (Fsp3) is 0.200.